The van der Waals surface area contributed by atoms with Crippen LogP contribution in [0, 0.1) is 5.92 Å². The Balaban J connectivity index is 2.42. The molecule has 0 bridgehead atoms. The third-order valence-corrected chi connectivity index (χ3v) is 2.47. The molecule has 4 nitrogen and oxygen atoms in total. The van der Waals surface area contributed by atoms with Crippen LogP contribution >= 0.6 is 0 Å². The van der Waals surface area contributed by atoms with Crippen molar-refractivity contribution in [1.82, 2.24) is 5.32 Å². The molecule has 0 atom stereocenters. The first kappa shape index (κ1) is 15.1. The minimum atomic E-state index is -0.193. The highest BCUT2D eigenvalue weighted by Crippen LogP contribution is 2.17. The topological polar surface area (TPSA) is 50.4 Å². The summed E-state index contributed by atoms with van der Waals surface area (Å²) in [5.41, 5.74) is 0.712. The highest BCUT2D eigenvalue weighted by Gasteiger charge is 2.02. The molecule has 0 aliphatic carbocycles. The number of benzene rings is 1. The molecule has 1 rings (SSSR count). The molecular formula is C15H22N2O2. The summed E-state index contributed by atoms with van der Waals surface area (Å²) < 4.78 is 5.40. The summed E-state index contributed by atoms with van der Waals surface area (Å²) in [6, 6.07) is 7.09. The largest absolute Gasteiger partial charge is 0.489 e. The number of carbonyl (C=O) groups is 1. The van der Waals surface area contributed by atoms with Crippen molar-refractivity contribution < 1.29 is 9.53 Å². The number of amides is 2. The van der Waals surface area contributed by atoms with Gasteiger partial charge in [0.2, 0.25) is 0 Å². The summed E-state index contributed by atoms with van der Waals surface area (Å²) in [4.78, 5) is 11.6. The fraction of sp³-hybridized carbons (Fsp3) is 0.400. The number of urea groups is 1. The van der Waals surface area contributed by atoms with Crippen LogP contribution in [-0.2, 0) is 0 Å². The molecule has 0 radical (unpaired) electrons. The molecule has 0 aromatic heterocycles. The lowest BCUT2D eigenvalue weighted by Gasteiger charge is -2.10. The first-order chi connectivity index (χ1) is 9.11. The van der Waals surface area contributed by atoms with Gasteiger partial charge in [0, 0.05) is 18.3 Å². The molecule has 0 aliphatic heterocycles. The lowest BCUT2D eigenvalue weighted by molar-refractivity contribution is 0.251. The summed E-state index contributed by atoms with van der Waals surface area (Å²) in [7, 11) is 0. The predicted octanol–water partition coefficient (Wildman–Crippen LogP) is 3.42. The van der Waals surface area contributed by atoms with Crippen molar-refractivity contribution in [2.24, 2.45) is 5.92 Å². The van der Waals surface area contributed by atoms with E-state index in [-0.39, 0.29) is 6.03 Å². The van der Waals surface area contributed by atoms with Crippen molar-refractivity contribution in [1.29, 1.82) is 0 Å². The van der Waals surface area contributed by atoms with Gasteiger partial charge in [-0.05, 0) is 24.5 Å². The molecule has 0 heterocycles. The van der Waals surface area contributed by atoms with Gasteiger partial charge < -0.3 is 15.4 Å². The van der Waals surface area contributed by atoms with Gasteiger partial charge in [-0.1, -0.05) is 32.6 Å². The average Bonchev–Trinajstić information content (AvgIpc) is 2.36. The summed E-state index contributed by atoms with van der Waals surface area (Å²) in [5.74, 6) is 1.29. The molecule has 104 valence electrons. The predicted molar refractivity (Wildman–Crippen MR) is 78.6 cm³/mol. The van der Waals surface area contributed by atoms with E-state index in [1.54, 1.807) is 12.1 Å². The van der Waals surface area contributed by atoms with Gasteiger partial charge in [0.05, 0.1) is 0 Å². The Morgan fingerprint density at radius 2 is 2.26 bits per heavy atom. The summed E-state index contributed by atoms with van der Waals surface area (Å²) in [5, 5.41) is 5.59. The molecule has 1 aromatic carbocycles. The first-order valence-corrected chi connectivity index (χ1v) is 6.50. The van der Waals surface area contributed by atoms with Gasteiger partial charge in [0.1, 0.15) is 12.4 Å². The molecule has 19 heavy (non-hydrogen) atoms. The zero-order valence-electron chi connectivity index (χ0n) is 11.6. The number of carbonyl (C=O) groups excluding carboxylic acids is 1. The van der Waals surface area contributed by atoms with Crippen LogP contribution in [0.3, 0.4) is 0 Å². The van der Waals surface area contributed by atoms with Gasteiger partial charge in [-0.15, -0.1) is 0 Å². The van der Waals surface area contributed by atoms with Crippen LogP contribution in [0.15, 0.2) is 36.9 Å². The lowest BCUT2D eigenvalue weighted by atomic mass is 10.1. The van der Waals surface area contributed by atoms with E-state index in [4.69, 9.17) is 4.74 Å². The average molecular weight is 262 g/mol. The second kappa shape index (κ2) is 8.19. The van der Waals surface area contributed by atoms with Crippen LogP contribution in [0.2, 0.25) is 0 Å². The van der Waals surface area contributed by atoms with E-state index in [1.165, 1.54) is 0 Å². The summed E-state index contributed by atoms with van der Waals surface area (Å²) in [6.45, 7) is 8.96. The van der Waals surface area contributed by atoms with E-state index in [2.05, 4.69) is 31.1 Å². The molecule has 0 saturated carbocycles. The maximum atomic E-state index is 11.6. The highest BCUT2D eigenvalue weighted by atomic mass is 16.5. The summed E-state index contributed by atoms with van der Waals surface area (Å²) in [6.07, 6.45) is 2.65. The molecule has 0 fully saturated rings. The maximum Gasteiger partial charge on any atom is 0.319 e. The highest BCUT2D eigenvalue weighted by molar-refractivity contribution is 5.89. The zero-order valence-corrected chi connectivity index (χ0v) is 11.6. The Kier molecular flexibility index (Phi) is 6.50. The molecule has 0 spiro atoms. The summed E-state index contributed by atoms with van der Waals surface area (Å²) >= 11 is 0. The fourth-order valence-corrected chi connectivity index (χ4v) is 1.47. The Labute approximate surface area is 114 Å². The minimum Gasteiger partial charge on any atom is -0.489 e. The second-order valence-corrected chi connectivity index (χ2v) is 4.69. The SMILES string of the molecule is C=CCOc1cccc(NC(=O)NCCC(C)C)c1. The van der Waals surface area contributed by atoms with Crippen LogP contribution in [0.25, 0.3) is 0 Å². The fourth-order valence-electron chi connectivity index (χ4n) is 1.47. The Morgan fingerprint density at radius 3 is 2.95 bits per heavy atom. The van der Waals surface area contributed by atoms with Gasteiger partial charge >= 0.3 is 6.03 Å². The van der Waals surface area contributed by atoms with Crippen LogP contribution in [0.1, 0.15) is 20.3 Å². The van der Waals surface area contributed by atoms with Crippen LogP contribution in [0.5, 0.6) is 5.75 Å². The van der Waals surface area contributed by atoms with Crippen LogP contribution in [-0.4, -0.2) is 19.2 Å². The third kappa shape index (κ3) is 6.50. The molecule has 1 aromatic rings. The van der Waals surface area contributed by atoms with Crippen LogP contribution < -0.4 is 15.4 Å². The standard InChI is InChI=1S/C15H22N2O2/c1-4-10-19-14-7-5-6-13(11-14)17-15(18)16-9-8-12(2)3/h4-7,11-12H,1,8-10H2,2-3H3,(H2,16,17,18). The first-order valence-electron chi connectivity index (χ1n) is 6.50. The lowest BCUT2D eigenvalue weighted by Crippen LogP contribution is -2.30. The number of ether oxygens (including phenoxy) is 1. The van der Waals surface area contributed by atoms with E-state index in [9.17, 15) is 4.79 Å². The number of anilines is 1. The van der Waals surface area contributed by atoms with E-state index < -0.39 is 0 Å². The van der Waals surface area contributed by atoms with Crippen molar-refractivity contribution in [3.05, 3.63) is 36.9 Å². The third-order valence-electron chi connectivity index (χ3n) is 2.47. The number of nitrogens with one attached hydrogen (secondary N) is 2. The van der Waals surface area contributed by atoms with Crippen molar-refractivity contribution >= 4 is 11.7 Å². The monoisotopic (exact) mass is 262 g/mol. The van der Waals surface area contributed by atoms with E-state index in [0.717, 1.165) is 6.42 Å². The molecule has 0 saturated heterocycles. The van der Waals surface area contributed by atoms with E-state index >= 15 is 0 Å². The van der Waals surface area contributed by atoms with E-state index in [1.807, 2.05) is 18.2 Å². The smallest absolute Gasteiger partial charge is 0.319 e. The van der Waals surface area contributed by atoms with Gasteiger partial charge in [0.25, 0.3) is 0 Å². The molecule has 2 amide bonds. The molecule has 0 unspecified atom stereocenters. The number of hydrogen-bond donors (Lipinski definition) is 2. The number of hydrogen-bond acceptors (Lipinski definition) is 2. The van der Waals surface area contributed by atoms with Crippen molar-refractivity contribution in [3.63, 3.8) is 0 Å². The number of rotatable bonds is 7. The van der Waals surface area contributed by atoms with E-state index in [0.29, 0.717) is 30.5 Å². The Morgan fingerprint density at radius 1 is 1.47 bits per heavy atom. The van der Waals surface area contributed by atoms with Crippen molar-refractivity contribution in [2.75, 3.05) is 18.5 Å². The van der Waals surface area contributed by atoms with Crippen molar-refractivity contribution in [2.45, 2.75) is 20.3 Å². The van der Waals surface area contributed by atoms with Gasteiger partial charge in [-0.25, -0.2) is 4.79 Å². The van der Waals surface area contributed by atoms with Gasteiger partial charge in [0.15, 0.2) is 0 Å². The Bertz CT molecular complexity index is 416. The maximum absolute atomic E-state index is 11.6. The Hall–Kier alpha value is -1.97. The zero-order chi connectivity index (χ0) is 14.1. The molecule has 0 aliphatic rings. The minimum absolute atomic E-state index is 0.193. The van der Waals surface area contributed by atoms with Gasteiger partial charge in [-0.3, -0.25) is 0 Å². The molecule has 2 N–H and O–H groups in total. The van der Waals surface area contributed by atoms with Crippen molar-refractivity contribution in [3.8, 4) is 5.75 Å². The molecular weight excluding hydrogens is 240 g/mol. The van der Waals surface area contributed by atoms with Crippen LogP contribution in [0.4, 0.5) is 10.5 Å². The van der Waals surface area contributed by atoms with Gasteiger partial charge in [-0.2, -0.15) is 0 Å². The quantitative estimate of drug-likeness (QED) is 0.740. The molecule has 4 heteroatoms. The second-order valence-electron chi connectivity index (χ2n) is 4.69. The normalized spacial score (nSPS) is 10.1.